The highest BCUT2D eigenvalue weighted by Crippen LogP contribution is 2.42. The van der Waals surface area contributed by atoms with Crippen molar-refractivity contribution >= 4 is 38.3 Å². The number of nitrogens with zero attached hydrogens (tertiary/aromatic N) is 2. The summed E-state index contributed by atoms with van der Waals surface area (Å²) in [4.78, 5) is 28.2. The number of carbonyl (C=O) groups is 2. The van der Waals surface area contributed by atoms with E-state index in [1.54, 1.807) is 17.0 Å². The molecule has 0 fully saturated rings. The van der Waals surface area contributed by atoms with Crippen LogP contribution in [0.1, 0.15) is 44.2 Å². The van der Waals surface area contributed by atoms with E-state index in [9.17, 15) is 18.0 Å². The highest BCUT2D eigenvalue weighted by atomic mass is 32.2. The third-order valence-corrected chi connectivity index (χ3v) is 8.46. The summed E-state index contributed by atoms with van der Waals surface area (Å²) in [6.07, 6.45) is 0.972. The smallest absolute Gasteiger partial charge is 0.265 e. The van der Waals surface area contributed by atoms with Gasteiger partial charge in [-0.3, -0.25) is 13.9 Å². The van der Waals surface area contributed by atoms with Crippen molar-refractivity contribution in [3.05, 3.63) is 71.8 Å². The van der Waals surface area contributed by atoms with Crippen molar-refractivity contribution in [2.75, 3.05) is 17.4 Å². The van der Waals surface area contributed by atoms with Gasteiger partial charge in [-0.2, -0.15) is 0 Å². The summed E-state index contributed by atoms with van der Waals surface area (Å²) < 4.78 is 27.9. The van der Waals surface area contributed by atoms with E-state index in [1.165, 1.54) is 4.31 Å². The van der Waals surface area contributed by atoms with Crippen molar-refractivity contribution in [3.8, 4) is 0 Å². The Bertz CT molecular complexity index is 1380. The third kappa shape index (κ3) is 4.95. The molecule has 3 aromatic rings. The minimum Gasteiger partial charge on any atom is -0.355 e. The maximum absolute atomic E-state index is 13.5. The minimum absolute atomic E-state index is 0.139. The lowest BCUT2D eigenvalue weighted by Gasteiger charge is -2.31. The Kier molecular flexibility index (Phi) is 7.64. The molecule has 1 N–H and O–H groups in total. The molecule has 8 heteroatoms. The summed E-state index contributed by atoms with van der Waals surface area (Å²) in [6, 6.07) is 18.2. The largest absolute Gasteiger partial charge is 0.355 e. The van der Waals surface area contributed by atoms with Crippen LogP contribution >= 0.6 is 0 Å². The van der Waals surface area contributed by atoms with Crippen molar-refractivity contribution in [2.24, 2.45) is 0 Å². The summed E-state index contributed by atoms with van der Waals surface area (Å²) in [6.45, 7) is 6.74. The summed E-state index contributed by atoms with van der Waals surface area (Å²) in [7, 11) is -3.67. The molecule has 4 rings (SSSR count). The SMILES string of the molecule is CCNC(=O)C(CC)N(Cc1cccc(C)c1)C(=O)CCCN1c2cccc3cccc(c23)S1(=O)=O. The van der Waals surface area contributed by atoms with Crippen LogP contribution in [0.2, 0.25) is 0 Å². The van der Waals surface area contributed by atoms with Crippen LogP contribution in [0.5, 0.6) is 0 Å². The zero-order valence-electron chi connectivity index (χ0n) is 21.0. The quantitative estimate of drug-likeness (QED) is 0.441. The molecule has 0 saturated heterocycles. The average molecular weight is 508 g/mol. The topological polar surface area (TPSA) is 86.8 Å². The molecule has 0 bridgehead atoms. The van der Waals surface area contributed by atoms with E-state index in [4.69, 9.17) is 0 Å². The van der Waals surface area contributed by atoms with Gasteiger partial charge in [0, 0.05) is 31.4 Å². The first-order valence-electron chi connectivity index (χ1n) is 12.4. The maximum Gasteiger partial charge on any atom is 0.265 e. The van der Waals surface area contributed by atoms with E-state index in [0.717, 1.165) is 21.9 Å². The molecule has 0 spiro atoms. The van der Waals surface area contributed by atoms with Gasteiger partial charge in [-0.1, -0.05) is 61.0 Å². The second-order valence-corrected chi connectivity index (χ2v) is 11.0. The summed E-state index contributed by atoms with van der Waals surface area (Å²) in [5.41, 5.74) is 2.69. The molecule has 0 aliphatic carbocycles. The van der Waals surface area contributed by atoms with Crippen LogP contribution < -0.4 is 9.62 Å². The molecule has 0 aromatic heterocycles. The van der Waals surface area contributed by atoms with Crippen LogP contribution in [0.4, 0.5) is 5.69 Å². The van der Waals surface area contributed by atoms with Gasteiger partial charge >= 0.3 is 0 Å². The van der Waals surface area contributed by atoms with E-state index in [2.05, 4.69) is 5.32 Å². The van der Waals surface area contributed by atoms with Crippen LogP contribution in [-0.2, 0) is 26.2 Å². The number of benzene rings is 3. The molecular weight excluding hydrogens is 474 g/mol. The van der Waals surface area contributed by atoms with Crippen LogP contribution in [-0.4, -0.2) is 44.3 Å². The Morgan fingerprint density at radius 1 is 1.03 bits per heavy atom. The van der Waals surface area contributed by atoms with Gasteiger partial charge in [0.1, 0.15) is 6.04 Å². The number of sulfonamides is 1. The van der Waals surface area contributed by atoms with Gasteiger partial charge in [0.15, 0.2) is 0 Å². The fourth-order valence-corrected chi connectivity index (χ4v) is 6.68. The molecule has 3 aromatic carbocycles. The number of amides is 2. The predicted octanol–water partition coefficient (Wildman–Crippen LogP) is 4.38. The lowest BCUT2D eigenvalue weighted by Crippen LogP contribution is -2.49. The number of likely N-dealkylation sites (N-methyl/N-ethyl adjacent to an activating group) is 1. The fraction of sp³-hybridized carbons (Fsp3) is 0.357. The van der Waals surface area contributed by atoms with E-state index in [0.29, 0.717) is 36.5 Å². The van der Waals surface area contributed by atoms with E-state index in [1.807, 2.05) is 69.3 Å². The number of anilines is 1. The van der Waals surface area contributed by atoms with Crippen LogP contribution in [0.25, 0.3) is 10.8 Å². The molecule has 2 amide bonds. The summed E-state index contributed by atoms with van der Waals surface area (Å²) >= 11 is 0. The van der Waals surface area contributed by atoms with Crippen molar-refractivity contribution in [1.29, 1.82) is 0 Å². The molecule has 0 saturated carbocycles. The molecule has 7 nitrogen and oxygen atoms in total. The van der Waals surface area contributed by atoms with Gasteiger partial charge in [-0.15, -0.1) is 0 Å². The van der Waals surface area contributed by atoms with Gasteiger partial charge in [0.05, 0.1) is 10.6 Å². The minimum atomic E-state index is -3.67. The number of carbonyl (C=O) groups excluding carboxylic acids is 2. The van der Waals surface area contributed by atoms with Crippen LogP contribution in [0.15, 0.2) is 65.6 Å². The Hall–Kier alpha value is -3.39. The predicted molar refractivity (Wildman–Crippen MR) is 142 cm³/mol. The van der Waals surface area contributed by atoms with Crippen LogP contribution in [0.3, 0.4) is 0 Å². The van der Waals surface area contributed by atoms with Crippen LogP contribution in [0, 0.1) is 6.92 Å². The summed E-state index contributed by atoms with van der Waals surface area (Å²) in [5.74, 6) is -0.341. The van der Waals surface area contributed by atoms with Crippen molar-refractivity contribution in [3.63, 3.8) is 0 Å². The first-order valence-corrected chi connectivity index (χ1v) is 13.9. The first kappa shape index (κ1) is 25.7. The molecule has 1 atom stereocenters. The van der Waals surface area contributed by atoms with Crippen molar-refractivity contribution in [1.82, 2.24) is 10.2 Å². The van der Waals surface area contributed by atoms with Gasteiger partial charge in [-0.25, -0.2) is 8.42 Å². The molecule has 0 radical (unpaired) electrons. The van der Waals surface area contributed by atoms with Crippen molar-refractivity contribution < 1.29 is 18.0 Å². The van der Waals surface area contributed by atoms with Gasteiger partial charge in [-0.05, 0) is 49.8 Å². The van der Waals surface area contributed by atoms with Crippen molar-refractivity contribution in [2.45, 2.75) is 57.5 Å². The average Bonchev–Trinajstić information content (AvgIpc) is 3.07. The van der Waals surface area contributed by atoms with Gasteiger partial charge in [0.25, 0.3) is 10.0 Å². The number of aryl methyl sites for hydroxylation is 1. The Morgan fingerprint density at radius 2 is 1.75 bits per heavy atom. The molecular formula is C28H33N3O4S. The second-order valence-electron chi connectivity index (χ2n) is 9.14. The molecule has 190 valence electrons. The Labute approximate surface area is 213 Å². The van der Waals surface area contributed by atoms with E-state index >= 15 is 0 Å². The Morgan fingerprint density at radius 3 is 2.44 bits per heavy atom. The molecule has 1 aliphatic heterocycles. The molecule has 1 unspecified atom stereocenters. The number of hydrogen-bond donors (Lipinski definition) is 1. The maximum atomic E-state index is 13.5. The highest BCUT2D eigenvalue weighted by Gasteiger charge is 2.35. The van der Waals surface area contributed by atoms with Gasteiger partial charge < -0.3 is 10.2 Å². The fourth-order valence-electron chi connectivity index (χ4n) is 4.94. The highest BCUT2D eigenvalue weighted by molar-refractivity contribution is 7.93. The third-order valence-electron chi connectivity index (χ3n) is 6.61. The second kappa shape index (κ2) is 10.7. The number of hydrogen-bond acceptors (Lipinski definition) is 4. The van der Waals surface area contributed by atoms with E-state index < -0.39 is 16.1 Å². The zero-order chi connectivity index (χ0) is 25.9. The molecule has 36 heavy (non-hydrogen) atoms. The van der Waals surface area contributed by atoms with Gasteiger partial charge in [0.2, 0.25) is 11.8 Å². The molecule has 1 aliphatic rings. The lowest BCUT2D eigenvalue weighted by molar-refractivity contribution is -0.141. The molecule has 1 heterocycles. The number of nitrogens with one attached hydrogen (secondary N) is 1. The first-order chi connectivity index (χ1) is 17.3. The monoisotopic (exact) mass is 507 g/mol. The number of rotatable bonds is 10. The standard InChI is InChI=1S/C28H33N3O4S/c1-4-23(28(33)29-5-2)30(19-21-11-6-10-20(3)18-21)26(32)16-9-17-31-24-14-7-12-22-13-8-15-25(27(22)24)36(31,34)35/h6-8,10-15,18,23H,4-5,9,16-17,19H2,1-3H3,(H,29,33). The lowest BCUT2D eigenvalue weighted by atomic mass is 10.1. The summed E-state index contributed by atoms with van der Waals surface area (Å²) in [5, 5.41) is 4.45. The van der Waals surface area contributed by atoms with E-state index in [-0.39, 0.29) is 24.8 Å². The Balaban J connectivity index is 1.52. The zero-order valence-corrected chi connectivity index (χ0v) is 21.8. The normalized spacial score (nSPS) is 14.6.